The Morgan fingerprint density at radius 2 is 2.04 bits per heavy atom. The predicted octanol–water partition coefficient (Wildman–Crippen LogP) is 3.12. The van der Waals surface area contributed by atoms with Crippen LogP contribution >= 0.6 is 0 Å². The summed E-state index contributed by atoms with van der Waals surface area (Å²) in [6.07, 6.45) is 1.37. The molecule has 0 unspecified atom stereocenters. The smallest absolute Gasteiger partial charge is 0.320 e. The third-order valence-electron chi connectivity index (χ3n) is 3.47. The van der Waals surface area contributed by atoms with Crippen molar-refractivity contribution in [1.29, 1.82) is 0 Å². The highest BCUT2D eigenvalue weighted by atomic mass is 19.1. The third kappa shape index (κ3) is 3.51. The summed E-state index contributed by atoms with van der Waals surface area (Å²) in [5.41, 5.74) is 0.980. The first-order chi connectivity index (χ1) is 12.5. The summed E-state index contributed by atoms with van der Waals surface area (Å²) < 4.78 is 32.5. The number of halogens is 2. The van der Waals surface area contributed by atoms with Crippen molar-refractivity contribution in [1.82, 2.24) is 20.3 Å². The summed E-state index contributed by atoms with van der Waals surface area (Å²) in [7, 11) is 1.28. The molecule has 0 bridgehead atoms. The van der Waals surface area contributed by atoms with Crippen LogP contribution in [0.15, 0.2) is 30.5 Å². The normalized spacial score (nSPS) is 10.6. The lowest BCUT2D eigenvalue weighted by Crippen LogP contribution is -2.28. The summed E-state index contributed by atoms with van der Waals surface area (Å²) in [5.74, 6) is -1.48. The fraction of sp³-hybridized carbons (Fsp3) is 0.176. The van der Waals surface area contributed by atoms with E-state index in [2.05, 4.69) is 25.6 Å². The molecule has 0 spiro atoms. The molecule has 7 nitrogen and oxygen atoms in total. The topological polar surface area (TPSA) is 89.0 Å². The van der Waals surface area contributed by atoms with Gasteiger partial charge in [-0.05, 0) is 25.1 Å². The number of carbonyl (C=O) groups is 1. The van der Waals surface area contributed by atoms with Crippen LogP contribution < -0.4 is 15.4 Å². The molecule has 2 N–H and O–H groups in total. The van der Waals surface area contributed by atoms with Gasteiger partial charge >= 0.3 is 6.03 Å². The van der Waals surface area contributed by atoms with E-state index in [1.54, 1.807) is 19.1 Å². The average molecular weight is 359 g/mol. The Morgan fingerprint density at radius 1 is 1.23 bits per heavy atom. The fourth-order valence-electron chi connectivity index (χ4n) is 2.38. The van der Waals surface area contributed by atoms with Gasteiger partial charge in [0, 0.05) is 18.2 Å². The van der Waals surface area contributed by atoms with Crippen LogP contribution in [-0.4, -0.2) is 34.6 Å². The number of fused-ring (bicyclic) bond motifs is 1. The first-order valence-corrected chi connectivity index (χ1v) is 7.74. The Bertz CT molecular complexity index is 981. The quantitative estimate of drug-likeness (QED) is 0.747. The Hall–Kier alpha value is -3.36. The number of pyridine rings is 1. The van der Waals surface area contributed by atoms with Gasteiger partial charge in [0.2, 0.25) is 0 Å². The van der Waals surface area contributed by atoms with Crippen LogP contribution in [0.25, 0.3) is 22.4 Å². The zero-order valence-electron chi connectivity index (χ0n) is 14.0. The molecule has 3 rings (SSSR count). The van der Waals surface area contributed by atoms with Gasteiger partial charge in [-0.2, -0.15) is 0 Å². The number of amides is 2. The molecular weight excluding hydrogens is 344 g/mol. The van der Waals surface area contributed by atoms with E-state index in [1.807, 2.05) is 0 Å². The number of carbonyl (C=O) groups excluding carboxylic acids is 1. The van der Waals surface area contributed by atoms with E-state index in [9.17, 15) is 13.6 Å². The van der Waals surface area contributed by atoms with E-state index in [0.29, 0.717) is 12.1 Å². The Balaban J connectivity index is 2.05. The Morgan fingerprint density at radius 3 is 2.77 bits per heavy atom. The SMILES string of the molecule is CCNC(=O)Nc1ccc2ncc(-c3cc(F)cc(F)c3OC)nc2n1. The highest BCUT2D eigenvalue weighted by Crippen LogP contribution is 2.32. The molecule has 0 aliphatic heterocycles. The molecule has 0 fully saturated rings. The average Bonchev–Trinajstić information content (AvgIpc) is 2.60. The van der Waals surface area contributed by atoms with Crippen LogP contribution in [0.4, 0.5) is 19.4 Å². The molecule has 0 radical (unpaired) electrons. The van der Waals surface area contributed by atoms with Gasteiger partial charge in [-0.25, -0.2) is 23.5 Å². The van der Waals surface area contributed by atoms with E-state index in [0.717, 1.165) is 12.1 Å². The molecule has 1 aromatic carbocycles. The van der Waals surface area contributed by atoms with Crippen LogP contribution in [0.5, 0.6) is 5.75 Å². The van der Waals surface area contributed by atoms with E-state index in [-0.39, 0.29) is 28.5 Å². The number of nitrogens with one attached hydrogen (secondary N) is 2. The number of benzene rings is 1. The van der Waals surface area contributed by atoms with E-state index in [1.165, 1.54) is 13.3 Å². The fourth-order valence-corrected chi connectivity index (χ4v) is 2.38. The van der Waals surface area contributed by atoms with Crippen molar-refractivity contribution >= 4 is 23.0 Å². The molecule has 2 aromatic heterocycles. The molecule has 0 saturated carbocycles. The molecule has 0 atom stereocenters. The molecule has 134 valence electrons. The van der Waals surface area contributed by atoms with Gasteiger partial charge in [-0.15, -0.1) is 0 Å². The largest absolute Gasteiger partial charge is 0.493 e. The van der Waals surface area contributed by atoms with Crippen molar-refractivity contribution in [3.05, 3.63) is 42.1 Å². The van der Waals surface area contributed by atoms with Gasteiger partial charge in [0.05, 0.1) is 19.0 Å². The van der Waals surface area contributed by atoms with Crippen molar-refractivity contribution in [2.75, 3.05) is 19.0 Å². The van der Waals surface area contributed by atoms with Gasteiger partial charge in [-0.1, -0.05) is 0 Å². The molecule has 2 heterocycles. The molecule has 26 heavy (non-hydrogen) atoms. The van der Waals surface area contributed by atoms with Gasteiger partial charge in [0.15, 0.2) is 17.2 Å². The number of nitrogens with zero attached hydrogens (tertiary/aromatic N) is 3. The van der Waals surface area contributed by atoms with Crippen LogP contribution in [0.3, 0.4) is 0 Å². The number of aromatic nitrogens is 3. The van der Waals surface area contributed by atoms with Crippen molar-refractivity contribution < 1.29 is 18.3 Å². The van der Waals surface area contributed by atoms with Crippen LogP contribution in [-0.2, 0) is 0 Å². The maximum absolute atomic E-state index is 13.9. The van der Waals surface area contributed by atoms with Crippen molar-refractivity contribution in [3.8, 4) is 17.0 Å². The molecule has 0 saturated heterocycles. The van der Waals surface area contributed by atoms with E-state index < -0.39 is 17.7 Å². The van der Waals surface area contributed by atoms with Crippen LogP contribution in [0.2, 0.25) is 0 Å². The highest BCUT2D eigenvalue weighted by Gasteiger charge is 2.16. The number of hydrogen-bond acceptors (Lipinski definition) is 5. The minimum absolute atomic E-state index is 0.114. The Kier molecular flexibility index (Phi) is 4.87. The predicted molar refractivity (Wildman–Crippen MR) is 91.9 cm³/mol. The number of urea groups is 1. The third-order valence-corrected chi connectivity index (χ3v) is 3.47. The van der Waals surface area contributed by atoms with Gasteiger partial charge < -0.3 is 10.1 Å². The zero-order valence-corrected chi connectivity index (χ0v) is 14.0. The Labute approximate surface area is 147 Å². The summed E-state index contributed by atoms with van der Waals surface area (Å²) in [5, 5.41) is 5.14. The lowest BCUT2D eigenvalue weighted by Gasteiger charge is -2.10. The maximum atomic E-state index is 13.9. The number of ether oxygens (including phenoxy) is 1. The molecular formula is C17H15F2N5O2. The molecule has 2 amide bonds. The number of rotatable bonds is 4. The molecule has 0 aliphatic carbocycles. The molecule has 3 aromatic rings. The summed E-state index contributed by atoms with van der Waals surface area (Å²) in [6, 6.07) is 4.63. The van der Waals surface area contributed by atoms with Gasteiger partial charge in [0.1, 0.15) is 17.2 Å². The summed E-state index contributed by atoms with van der Waals surface area (Å²) in [4.78, 5) is 24.3. The number of methoxy groups -OCH3 is 1. The number of hydrogen-bond donors (Lipinski definition) is 2. The summed E-state index contributed by atoms with van der Waals surface area (Å²) in [6.45, 7) is 2.25. The lowest BCUT2D eigenvalue weighted by molar-refractivity contribution is 0.252. The maximum Gasteiger partial charge on any atom is 0.320 e. The van der Waals surface area contributed by atoms with E-state index in [4.69, 9.17) is 4.74 Å². The van der Waals surface area contributed by atoms with Crippen molar-refractivity contribution in [3.63, 3.8) is 0 Å². The minimum Gasteiger partial charge on any atom is -0.493 e. The van der Waals surface area contributed by atoms with Crippen molar-refractivity contribution in [2.24, 2.45) is 0 Å². The number of anilines is 1. The second-order valence-corrected chi connectivity index (χ2v) is 5.25. The van der Waals surface area contributed by atoms with Gasteiger partial charge in [-0.3, -0.25) is 10.3 Å². The second-order valence-electron chi connectivity index (χ2n) is 5.25. The second kappa shape index (κ2) is 7.26. The monoisotopic (exact) mass is 359 g/mol. The summed E-state index contributed by atoms with van der Waals surface area (Å²) >= 11 is 0. The lowest BCUT2D eigenvalue weighted by atomic mass is 10.1. The minimum atomic E-state index is -0.844. The van der Waals surface area contributed by atoms with Gasteiger partial charge in [0.25, 0.3) is 0 Å². The molecule has 0 aliphatic rings. The highest BCUT2D eigenvalue weighted by molar-refractivity contribution is 5.89. The van der Waals surface area contributed by atoms with Crippen LogP contribution in [0, 0.1) is 11.6 Å². The van der Waals surface area contributed by atoms with Crippen molar-refractivity contribution in [2.45, 2.75) is 6.92 Å². The van der Waals surface area contributed by atoms with Crippen LogP contribution in [0.1, 0.15) is 6.92 Å². The van der Waals surface area contributed by atoms with E-state index >= 15 is 0 Å². The molecule has 9 heteroatoms. The zero-order chi connectivity index (χ0) is 18.7. The first-order valence-electron chi connectivity index (χ1n) is 7.74. The first kappa shape index (κ1) is 17.5. The standard InChI is InChI=1S/C17H15F2N5O2/c1-3-20-17(25)24-14-5-4-12-16(23-14)22-13(8-21-12)10-6-9(18)7-11(19)15(10)26-2/h4-8H,3H2,1-2H3,(H2,20,22,23,24,25).